The maximum atomic E-state index is 12.6. The van der Waals surface area contributed by atoms with Crippen LogP contribution in [0.3, 0.4) is 0 Å². The third-order valence-corrected chi connectivity index (χ3v) is 4.94. The van der Waals surface area contributed by atoms with Gasteiger partial charge in [0.1, 0.15) is 0 Å². The second-order valence-electron chi connectivity index (χ2n) is 6.56. The van der Waals surface area contributed by atoms with Gasteiger partial charge in [-0.25, -0.2) is 0 Å². The zero-order chi connectivity index (χ0) is 13.0. The van der Waals surface area contributed by atoms with Crippen molar-refractivity contribution in [2.45, 2.75) is 41.5 Å². The second-order valence-corrected chi connectivity index (χ2v) is 6.56. The number of hydrogen-bond acceptors (Lipinski definition) is 1. The summed E-state index contributed by atoms with van der Waals surface area (Å²) < 4.78 is 0. The molecule has 0 saturated heterocycles. The minimum atomic E-state index is 0.125. The lowest BCUT2D eigenvalue weighted by atomic mass is 9.96. The molecular weight excluding hydrogens is 208 g/mol. The van der Waals surface area contributed by atoms with E-state index in [9.17, 15) is 4.79 Å². The molecule has 0 radical (unpaired) electrons. The molecule has 0 unspecified atom stereocenters. The summed E-state index contributed by atoms with van der Waals surface area (Å²) in [6.07, 6.45) is 0. The van der Waals surface area contributed by atoms with Crippen molar-refractivity contribution in [2.75, 3.05) is 0 Å². The summed E-state index contributed by atoms with van der Waals surface area (Å²) in [5.41, 5.74) is 3.42. The molecular formula is C16H22O. The van der Waals surface area contributed by atoms with Crippen LogP contribution in [0.4, 0.5) is 0 Å². The average Bonchev–Trinajstić information content (AvgIpc) is 2.61. The number of carbonyl (C=O) groups excluding carboxylic acids is 1. The molecule has 0 heterocycles. The molecule has 1 aliphatic rings. The fourth-order valence-corrected chi connectivity index (χ4v) is 3.01. The molecule has 1 fully saturated rings. The molecule has 1 aromatic rings. The minimum Gasteiger partial charge on any atom is -0.294 e. The van der Waals surface area contributed by atoms with Gasteiger partial charge in [0, 0.05) is 11.5 Å². The predicted octanol–water partition coefficient (Wildman–Crippen LogP) is 4.17. The molecule has 0 amide bonds. The Morgan fingerprint density at radius 3 is 2.06 bits per heavy atom. The molecule has 0 atom stereocenters. The summed E-state index contributed by atoms with van der Waals surface area (Å²) in [7, 11) is 0. The summed E-state index contributed by atoms with van der Waals surface area (Å²) in [6.45, 7) is 12.8. The van der Waals surface area contributed by atoms with E-state index in [2.05, 4.69) is 33.8 Å². The Kier molecular flexibility index (Phi) is 2.50. The van der Waals surface area contributed by atoms with Crippen LogP contribution in [0.25, 0.3) is 0 Å². The fraction of sp³-hybridized carbons (Fsp3) is 0.562. The van der Waals surface area contributed by atoms with E-state index >= 15 is 0 Å². The molecule has 17 heavy (non-hydrogen) atoms. The van der Waals surface area contributed by atoms with Gasteiger partial charge in [-0.1, -0.05) is 45.4 Å². The van der Waals surface area contributed by atoms with E-state index in [1.54, 1.807) is 0 Å². The summed E-state index contributed by atoms with van der Waals surface area (Å²) >= 11 is 0. The molecule has 0 spiro atoms. The predicted molar refractivity (Wildman–Crippen MR) is 71.3 cm³/mol. The Hall–Kier alpha value is -1.11. The van der Waals surface area contributed by atoms with Crippen LogP contribution >= 0.6 is 0 Å². The Morgan fingerprint density at radius 2 is 1.59 bits per heavy atom. The highest BCUT2D eigenvalue weighted by molar-refractivity contribution is 6.02. The first kappa shape index (κ1) is 12.3. The number of rotatable bonds is 2. The van der Waals surface area contributed by atoms with E-state index in [-0.39, 0.29) is 16.7 Å². The van der Waals surface area contributed by atoms with Gasteiger partial charge in [0.25, 0.3) is 0 Å². The molecule has 0 bridgehead atoms. The van der Waals surface area contributed by atoms with E-state index < -0.39 is 0 Å². The fourth-order valence-electron chi connectivity index (χ4n) is 3.01. The minimum absolute atomic E-state index is 0.125. The van der Waals surface area contributed by atoms with Crippen LogP contribution in [-0.4, -0.2) is 5.78 Å². The maximum absolute atomic E-state index is 12.6. The highest BCUT2D eigenvalue weighted by Gasteiger charge is 2.67. The molecule has 1 nitrogen and oxygen atoms in total. The van der Waals surface area contributed by atoms with E-state index in [0.717, 1.165) is 16.7 Å². The highest BCUT2D eigenvalue weighted by Crippen LogP contribution is 2.69. The van der Waals surface area contributed by atoms with Gasteiger partial charge in [0.15, 0.2) is 5.78 Å². The standard InChI is InChI=1S/C16H22O/c1-10-7-8-11(2)12(9-10)13(17)14-15(3,4)16(14,5)6/h7-9,14H,1-6H3. The monoisotopic (exact) mass is 230 g/mol. The maximum Gasteiger partial charge on any atom is 0.167 e. The highest BCUT2D eigenvalue weighted by atomic mass is 16.1. The summed E-state index contributed by atoms with van der Waals surface area (Å²) in [5, 5.41) is 0. The van der Waals surface area contributed by atoms with Gasteiger partial charge in [0.2, 0.25) is 0 Å². The van der Waals surface area contributed by atoms with Crippen molar-refractivity contribution in [3.8, 4) is 0 Å². The number of aryl methyl sites for hydroxylation is 2. The zero-order valence-electron chi connectivity index (χ0n) is 11.7. The van der Waals surface area contributed by atoms with Crippen LogP contribution < -0.4 is 0 Å². The molecule has 1 aromatic carbocycles. The molecule has 0 aromatic heterocycles. The Balaban J connectivity index is 2.38. The van der Waals surface area contributed by atoms with Crippen molar-refractivity contribution in [2.24, 2.45) is 16.7 Å². The number of Topliss-reactive ketones (excluding diaryl/α,β-unsaturated/α-hetero) is 1. The smallest absolute Gasteiger partial charge is 0.167 e. The lowest BCUT2D eigenvalue weighted by Gasteiger charge is -2.07. The average molecular weight is 230 g/mol. The first-order chi connectivity index (χ1) is 7.69. The van der Waals surface area contributed by atoms with Crippen LogP contribution in [0, 0.1) is 30.6 Å². The normalized spacial score (nSPS) is 21.3. The Bertz CT molecular complexity index is 466. The van der Waals surface area contributed by atoms with Crippen LogP contribution in [0.1, 0.15) is 49.2 Å². The van der Waals surface area contributed by atoms with Gasteiger partial charge in [-0.2, -0.15) is 0 Å². The molecule has 0 aliphatic heterocycles. The van der Waals surface area contributed by atoms with E-state index in [1.807, 2.05) is 26.0 Å². The number of ketones is 1. The molecule has 92 valence electrons. The van der Waals surface area contributed by atoms with Crippen molar-refractivity contribution in [1.82, 2.24) is 0 Å². The lowest BCUT2D eigenvalue weighted by Crippen LogP contribution is -2.09. The second kappa shape index (κ2) is 3.44. The quantitative estimate of drug-likeness (QED) is 0.697. The van der Waals surface area contributed by atoms with Gasteiger partial charge < -0.3 is 0 Å². The third-order valence-electron chi connectivity index (χ3n) is 4.94. The topological polar surface area (TPSA) is 17.1 Å². The number of hydrogen-bond donors (Lipinski definition) is 0. The van der Waals surface area contributed by atoms with Crippen molar-refractivity contribution in [1.29, 1.82) is 0 Å². The van der Waals surface area contributed by atoms with Gasteiger partial charge in [-0.15, -0.1) is 0 Å². The van der Waals surface area contributed by atoms with Crippen LogP contribution in [0.5, 0.6) is 0 Å². The number of benzene rings is 1. The Morgan fingerprint density at radius 1 is 1.06 bits per heavy atom. The van der Waals surface area contributed by atoms with Gasteiger partial charge in [-0.05, 0) is 36.3 Å². The van der Waals surface area contributed by atoms with Crippen LogP contribution in [0.15, 0.2) is 18.2 Å². The zero-order valence-corrected chi connectivity index (χ0v) is 11.7. The van der Waals surface area contributed by atoms with Crippen molar-refractivity contribution in [3.63, 3.8) is 0 Å². The number of carbonyl (C=O) groups is 1. The molecule has 0 N–H and O–H groups in total. The molecule has 1 heteroatoms. The first-order valence-corrected chi connectivity index (χ1v) is 6.31. The van der Waals surface area contributed by atoms with Gasteiger partial charge in [0.05, 0.1) is 0 Å². The van der Waals surface area contributed by atoms with Crippen molar-refractivity contribution in [3.05, 3.63) is 34.9 Å². The first-order valence-electron chi connectivity index (χ1n) is 6.31. The Labute approximate surface area is 104 Å². The van der Waals surface area contributed by atoms with Crippen molar-refractivity contribution >= 4 is 5.78 Å². The third kappa shape index (κ3) is 1.64. The summed E-state index contributed by atoms with van der Waals surface area (Å²) in [4.78, 5) is 12.6. The summed E-state index contributed by atoms with van der Waals surface area (Å²) in [6, 6.07) is 6.14. The largest absolute Gasteiger partial charge is 0.294 e. The van der Waals surface area contributed by atoms with Gasteiger partial charge in [-0.3, -0.25) is 4.79 Å². The molecule has 1 aliphatic carbocycles. The molecule has 2 rings (SSSR count). The summed E-state index contributed by atoms with van der Waals surface area (Å²) in [5.74, 6) is 0.483. The van der Waals surface area contributed by atoms with E-state index in [4.69, 9.17) is 0 Å². The lowest BCUT2D eigenvalue weighted by molar-refractivity contribution is 0.0944. The van der Waals surface area contributed by atoms with Gasteiger partial charge >= 0.3 is 0 Å². The molecule has 1 saturated carbocycles. The van der Waals surface area contributed by atoms with Crippen molar-refractivity contribution < 1.29 is 4.79 Å². The SMILES string of the molecule is Cc1ccc(C)c(C(=O)C2C(C)(C)C2(C)C)c1. The van der Waals surface area contributed by atoms with E-state index in [0.29, 0.717) is 5.78 Å². The van der Waals surface area contributed by atoms with Crippen LogP contribution in [-0.2, 0) is 0 Å². The van der Waals surface area contributed by atoms with Crippen LogP contribution in [0.2, 0.25) is 0 Å². The van der Waals surface area contributed by atoms with E-state index in [1.165, 1.54) is 0 Å².